The molecule has 0 spiro atoms. The first-order valence-electron chi connectivity index (χ1n) is 7.40. The van der Waals surface area contributed by atoms with Crippen LogP contribution in [0.2, 0.25) is 10.0 Å². The quantitative estimate of drug-likeness (QED) is 0.563. The van der Waals surface area contributed by atoms with Gasteiger partial charge in [0.25, 0.3) is 5.91 Å². The van der Waals surface area contributed by atoms with Gasteiger partial charge in [-0.25, -0.2) is 0 Å². The Labute approximate surface area is 170 Å². The molecule has 1 amide bonds. The molecule has 0 aliphatic heterocycles. The molecular weight excluding hydrogens is 447 g/mol. The topological polar surface area (TPSA) is 50.4 Å². The van der Waals surface area contributed by atoms with E-state index in [1.54, 1.807) is 36.4 Å². The predicted octanol–water partition coefficient (Wildman–Crippen LogP) is 5.67. The Morgan fingerprint density at radius 1 is 1.24 bits per heavy atom. The van der Waals surface area contributed by atoms with Crippen LogP contribution in [-0.4, -0.2) is 17.6 Å². The molecule has 2 aromatic carbocycles. The van der Waals surface area contributed by atoms with Crippen molar-refractivity contribution >= 4 is 68.1 Å². The molecule has 0 saturated carbocycles. The summed E-state index contributed by atoms with van der Waals surface area (Å²) in [5, 5.41) is 6.53. The number of rotatable bonds is 5. The minimum absolute atomic E-state index is 0.136. The van der Waals surface area contributed by atoms with E-state index in [-0.39, 0.29) is 11.0 Å². The Bertz CT molecular complexity index is 802. The maximum Gasteiger partial charge on any atom is 0.257 e. The Hall–Kier alpha value is -1.34. The van der Waals surface area contributed by atoms with Gasteiger partial charge in [-0.1, -0.05) is 30.1 Å². The van der Waals surface area contributed by atoms with Crippen molar-refractivity contribution in [3.8, 4) is 5.75 Å². The average molecular weight is 462 g/mol. The lowest BCUT2D eigenvalue weighted by Gasteiger charge is -2.12. The van der Waals surface area contributed by atoms with E-state index in [0.29, 0.717) is 38.1 Å². The molecule has 0 aromatic heterocycles. The van der Waals surface area contributed by atoms with Crippen LogP contribution in [0.25, 0.3) is 0 Å². The molecule has 0 heterocycles. The predicted molar refractivity (Wildman–Crippen MR) is 110 cm³/mol. The first kappa shape index (κ1) is 20.0. The second-order valence-electron chi connectivity index (χ2n) is 5.03. The standard InChI is InChI=1S/C17H15BrCl2N2O2S/c1-2-7-24-15-6-3-10(8-12(15)18)16(23)22-17(25)21-14-5-4-11(19)9-13(14)20/h3-6,8-9H,2,7H2,1H3,(H2,21,22,23,25). The number of carbonyl (C=O) groups excluding carboxylic acids is 1. The molecule has 0 fully saturated rings. The van der Waals surface area contributed by atoms with Crippen molar-refractivity contribution in [2.75, 3.05) is 11.9 Å². The molecule has 0 unspecified atom stereocenters. The molecule has 4 nitrogen and oxygen atoms in total. The van der Waals surface area contributed by atoms with E-state index in [2.05, 4.69) is 26.6 Å². The van der Waals surface area contributed by atoms with Crippen molar-refractivity contribution in [3.63, 3.8) is 0 Å². The summed E-state index contributed by atoms with van der Waals surface area (Å²) in [6.45, 7) is 2.64. The molecule has 0 aliphatic rings. The van der Waals surface area contributed by atoms with Crippen molar-refractivity contribution < 1.29 is 9.53 Å². The number of amides is 1. The van der Waals surface area contributed by atoms with Crippen molar-refractivity contribution in [2.24, 2.45) is 0 Å². The van der Waals surface area contributed by atoms with Crippen LogP contribution in [0.4, 0.5) is 5.69 Å². The van der Waals surface area contributed by atoms with Crippen LogP contribution < -0.4 is 15.4 Å². The van der Waals surface area contributed by atoms with Gasteiger partial charge in [0.2, 0.25) is 0 Å². The SMILES string of the molecule is CCCOc1ccc(C(=O)NC(=S)Nc2ccc(Cl)cc2Cl)cc1Br. The van der Waals surface area contributed by atoms with Crippen LogP contribution >= 0.6 is 51.3 Å². The van der Waals surface area contributed by atoms with E-state index < -0.39 is 0 Å². The fourth-order valence-electron chi connectivity index (χ4n) is 1.89. The molecule has 2 aromatic rings. The van der Waals surface area contributed by atoms with Gasteiger partial charge in [-0.05, 0) is 71.0 Å². The maximum absolute atomic E-state index is 12.3. The van der Waals surface area contributed by atoms with E-state index in [9.17, 15) is 4.79 Å². The van der Waals surface area contributed by atoms with E-state index in [4.69, 9.17) is 40.2 Å². The lowest BCUT2D eigenvalue weighted by Crippen LogP contribution is -2.34. The summed E-state index contributed by atoms with van der Waals surface area (Å²) < 4.78 is 6.26. The fraction of sp³-hybridized carbons (Fsp3) is 0.176. The molecule has 0 atom stereocenters. The first-order valence-corrected chi connectivity index (χ1v) is 9.36. The molecule has 2 rings (SSSR count). The highest BCUT2D eigenvalue weighted by Crippen LogP contribution is 2.27. The monoisotopic (exact) mass is 460 g/mol. The molecule has 25 heavy (non-hydrogen) atoms. The Kier molecular flexibility index (Phi) is 7.50. The van der Waals surface area contributed by atoms with Gasteiger partial charge in [-0.2, -0.15) is 0 Å². The number of benzene rings is 2. The summed E-state index contributed by atoms with van der Waals surface area (Å²) in [4.78, 5) is 12.3. The van der Waals surface area contributed by atoms with Crippen LogP contribution in [-0.2, 0) is 0 Å². The summed E-state index contributed by atoms with van der Waals surface area (Å²) in [5.41, 5.74) is 1.00. The Morgan fingerprint density at radius 2 is 2.00 bits per heavy atom. The highest BCUT2D eigenvalue weighted by molar-refractivity contribution is 9.10. The summed E-state index contributed by atoms with van der Waals surface area (Å²) >= 11 is 20.5. The summed E-state index contributed by atoms with van der Waals surface area (Å²) in [7, 11) is 0. The first-order chi connectivity index (χ1) is 11.9. The van der Waals surface area contributed by atoms with Gasteiger partial charge in [0.1, 0.15) is 5.75 Å². The zero-order chi connectivity index (χ0) is 18.4. The lowest BCUT2D eigenvalue weighted by molar-refractivity contribution is 0.0977. The highest BCUT2D eigenvalue weighted by atomic mass is 79.9. The van der Waals surface area contributed by atoms with Crippen LogP contribution in [0, 0.1) is 0 Å². The zero-order valence-corrected chi connectivity index (χ0v) is 17.2. The number of halogens is 3. The molecular formula is C17H15BrCl2N2O2S. The zero-order valence-electron chi connectivity index (χ0n) is 13.2. The van der Waals surface area contributed by atoms with Crippen molar-refractivity contribution in [2.45, 2.75) is 13.3 Å². The normalized spacial score (nSPS) is 10.2. The van der Waals surface area contributed by atoms with Crippen molar-refractivity contribution in [1.29, 1.82) is 0 Å². The number of hydrogen-bond acceptors (Lipinski definition) is 3. The van der Waals surface area contributed by atoms with Gasteiger partial charge in [0.15, 0.2) is 5.11 Å². The third-order valence-corrected chi connectivity index (χ3v) is 4.43. The van der Waals surface area contributed by atoms with Gasteiger partial charge in [0.05, 0.1) is 21.8 Å². The maximum atomic E-state index is 12.3. The van der Waals surface area contributed by atoms with Gasteiger partial charge in [0, 0.05) is 10.6 Å². The number of nitrogens with one attached hydrogen (secondary N) is 2. The van der Waals surface area contributed by atoms with Gasteiger partial charge < -0.3 is 10.1 Å². The minimum atomic E-state index is -0.342. The number of carbonyl (C=O) groups is 1. The Balaban J connectivity index is 2.01. The second kappa shape index (κ2) is 9.38. The molecule has 8 heteroatoms. The third-order valence-electron chi connectivity index (χ3n) is 3.06. The average Bonchev–Trinajstić information content (AvgIpc) is 2.56. The second-order valence-corrected chi connectivity index (χ2v) is 7.13. The number of ether oxygens (including phenoxy) is 1. The van der Waals surface area contributed by atoms with Gasteiger partial charge in [-0.15, -0.1) is 0 Å². The molecule has 0 bridgehead atoms. The smallest absolute Gasteiger partial charge is 0.257 e. The minimum Gasteiger partial charge on any atom is -0.492 e. The van der Waals surface area contributed by atoms with E-state index in [1.807, 2.05) is 6.92 Å². The lowest BCUT2D eigenvalue weighted by atomic mass is 10.2. The van der Waals surface area contributed by atoms with E-state index in [0.717, 1.165) is 6.42 Å². The molecule has 0 saturated heterocycles. The molecule has 0 radical (unpaired) electrons. The summed E-state index contributed by atoms with van der Waals surface area (Å²) in [6, 6.07) is 10.0. The molecule has 132 valence electrons. The summed E-state index contributed by atoms with van der Waals surface area (Å²) in [6.07, 6.45) is 0.905. The van der Waals surface area contributed by atoms with Gasteiger partial charge >= 0.3 is 0 Å². The van der Waals surface area contributed by atoms with Crippen LogP contribution in [0.3, 0.4) is 0 Å². The molecule has 0 aliphatic carbocycles. The largest absolute Gasteiger partial charge is 0.492 e. The van der Waals surface area contributed by atoms with Crippen LogP contribution in [0.1, 0.15) is 23.7 Å². The molecule has 2 N–H and O–H groups in total. The highest BCUT2D eigenvalue weighted by Gasteiger charge is 2.12. The van der Waals surface area contributed by atoms with Crippen molar-refractivity contribution in [1.82, 2.24) is 5.32 Å². The fourth-order valence-corrected chi connectivity index (χ4v) is 3.04. The van der Waals surface area contributed by atoms with Crippen LogP contribution in [0.5, 0.6) is 5.75 Å². The van der Waals surface area contributed by atoms with Crippen molar-refractivity contribution in [3.05, 3.63) is 56.5 Å². The van der Waals surface area contributed by atoms with E-state index in [1.165, 1.54) is 0 Å². The van der Waals surface area contributed by atoms with E-state index >= 15 is 0 Å². The Morgan fingerprint density at radius 3 is 2.64 bits per heavy atom. The number of thiocarbonyl (C=S) groups is 1. The third kappa shape index (κ3) is 5.85. The summed E-state index contributed by atoms with van der Waals surface area (Å²) in [5.74, 6) is 0.345. The number of hydrogen-bond donors (Lipinski definition) is 2. The van der Waals surface area contributed by atoms with Crippen LogP contribution in [0.15, 0.2) is 40.9 Å². The number of anilines is 1. The van der Waals surface area contributed by atoms with Gasteiger partial charge in [-0.3, -0.25) is 10.1 Å².